The van der Waals surface area contributed by atoms with Crippen molar-refractivity contribution in [3.8, 4) is 11.8 Å². The topological polar surface area (TPSA) is 44.0 Å². The molecule has 2 nitrogen and oxygen atoms in total. The van der Waals surface area contributed by atoms with Crippen molar-refractivity contribution in [3.63, 3.8) is 0 Å². The van der Waals surface area contributed by atoms with Gasteiger partial charge in [-0.25, -0.2) is 4.39 Å². The number of benzene rings is 1. The fraction of sp³-hybridized carbons (Fsp3) is 0.222. The summed E-state index contributed by atoms with van der Waals surface area (Å²) in [7, 11) is 0. The van der Waals surface area contributed by atoms with E-state index in [9.17, 15) is 4.39 Å². The van der Waals surface area contributed by atoms with Crippen LogP contribution >= 0.6 is 0 Å². The molecule has 0 spiro atoms. The Balaban J connectivity index is 3.20. The second-order valence-electron chi connectivity index (χ2n) is 2.54. The summed E-state index contributed by atoms with van der Waals surface area (Å²) in [4.78, 5) is 0. The summed E-state index contributed by atoms with van der Waals surface area (Å²) in [6.07, 6.45) is 0.122. The van der Waals surface area contributed by atoms with Gasteiger partial charge in [0.25, 0.3) is 0 Å². The molecule has 1 rings (SSSR count). The molecule has 0 heterocycles. The highest BCUT2D eigenvalue weighted by Gasteiger charge is 2.05. The van der Waals surface area contributed by atoms with Gasteiger partial charge in [-0.05, 0) is 24.1 Å². The zero-order chi connectivity index (χ0) is 9.14. The lowest BCUT2D eigenvalue weighted by atomic mass is 10.1. The number of phenols is 1. The summed E-state index contributed by atoms with van der Waals surface area (Å²) in [6.45, 7) is 1.65. The van der Waals surface area contributed by atoms with E-state index in [2.05, 4.69) is 0 Å². The van der Waals surface area contributed by atoms with Crippen molar-refractivity contribution in [1.82, 2.24) is 0 Å². The van der Waals surface area contributed by atoms with Crippen LogP contribution in [0.25, 0.3) is 0 Å². The van der Waals surface area contributed by atoms with Gasteiger partial charge in [0.05, 0.1) is 12.5 Å². The monoisotopic (exact) mass is 165 g/mol. The van der Waals surface area contributed by atoms with E-state index in [0.29, 0.717) is 11.1 Å². The Morgan fingerprint density at radius 1 is 1.58 bits per heavy atom. The summed E-state index contributed by atoms with van der Waals surface area (Å²) in [5.41, 5.74) is 1.10. The Labute approximate surface area is 69.9 Å². The Hall–Kier alpha value is -1.56. The van der Waals surface area contributed by atoms with Gasteiger partial charge in [-0.3, -0.25) is 0 Å². The molecule has 0 unspecified atom stereocenters. The molecule has 0 saturated heterocycles. The number of hydrogen-bond donors (Lipinski definition) is 1. The highest BCUT2D eigenvalue weighted by atomic mass is 19.1. The maximum Gasteiger partial charge on any atom is 0.127 e. The summed E-state index contributed by atoms with van der Waals surface area (Å²) >= 11 is 0. The van der Waals surface area contributed by atoms with Crippen LogP contribution in [-0.2, 0) is 6.42 Å². The Morgan fingerprint density at radius 2 is 2.25 bits per heavy atom. The Bertz CT molecular complexity index is 341. The number of rotatable bonds is 1. The van der Waals surface area contributed by atoms with Crippen LogP contribution in [0.1, 0.15) is 11.1 Å². The van der Waals surface area contributed by atoms with Crippen LogP contribution in [0.3, 0.4) is 0 Å². The van der Waals surface area contributed by atoms with Crippen LogP contribution < -0.4 is 0 Å². The molecule has 12 heavy (non-hydrogen) atoms. The molecular formula is C9H8FNO. The predicted octanol–water partition coefficient (Wildman–Crippen LogP) is 1.91. The fourth-order valence-electron chi connectivity index (χ4n) is 0.989. The first-order chi connectivity index (χ1) is 5.65. The molecule has 0 aliphatic heterocycles. The fourth-order valence-corrected chi connectivity index (χ4v) is 0.989. The molecule has 1 aromatic carbocycles. The molecule has 0 amide bonds. The Morgan fingerprint density at radius 3 is 2.83 bits per heavy atom. The molecule has 1 aromatic rings. The summed E-state index contributed by atoms with van der Waals surface area (Å²) in [5, 5.41) is 17.5. The van der Waals surface area contributed by atoms with Gasteiger partial charge in [0.15, 0.2) is 0 Å². The molecule has 0 aliphatic rings. The van der Waals surface area contributed by atoms with Crippen molar-refractivity contribution in [2.75, 3.05) is 0 Å². The molecule has 0 bridgehead atoms. The third-order valence-corrected chi connectivity index (χ3v) is 1.72. The van der Waals surface area contributed by atoms with Gasteiger partial charge in [0, 0.05) is 6.07 Å². The third kappa shape index (κ3) is 1.54. The van der Waals surface area contributed by atoms with Crippen LogP contribution in [0, 0.1) is 24.1 Å². The number of halogens is 1. The SMILES string of the molecule is Cc1c(O)cc(F)cc1CC#N. The molecule has 0 fully saturated rings. The van der Waals surface area contributed by atoms with Crippen molar-refractivity contribution in [2.24, 2.45) is 0 Å². The summed E-state index contributed by atoms with van der Waals surface area (Å²) < 4.78 is 12.7. The van der Waals surface area contributed by atoms with Gasteiger partial charge >= 0.3 is 0 Å². The quantitative estimate of drug-likeness (QED) is 0.690. The van der Waals surface area contributed by atoms with Gasteiger partial charge in [0.1, 0.15) is 11.6 Å². The first kappa shape index (κ1) is 8.54. The number of phenolic OH excluding ortho intramolecular Hbond substituents is 1. The minimum absolute atomic E-state index is 0.0970. The smallest absolute Gasteiger partial charge is 0.127 e. The average molecular weight is 165 g/mol. The van der Waals surface area contributed by atoms with E-state index in [1.807, 2.05) is 6.07 Å². The summed E-state index contributed by atoms with van der Waals surface area (Å²) in [6, 6.07) is 4.20. The highest BCUT2D eigenvalue weighted by Crippen LogP contribution is 2.21. The maximum atomic E-state index is 12.7. The number of hydrogen-bond acceptors (Lipinski definition) is 2. The minimum Gasteiger partial charge on any atom is -0.508 e. The van der Waals surface area contributed by atoms with Crippen LogP contribution in [-0.4, -0.2) is 5.11 Å². The predicted molar refractivity (Wildman–Crippen MR) is 42.1 cm³/mol. The van der Waals surface area contributed by atoms with Crippen molar-refractivity contribution in [1.29, 1.82) is 5.26 Å². The molecule has 0 saturated carbocycles. The lowest BCUT2D eigenvalue weighted by molar-refractivity contribution is 0.464. The molecule has 0 aromatic heterocycles. The van der Waals surface area contributed by atoms with Crippen molar-refractivity contribution in [2.45, 2.75) is 13.3 Å². The average Bonchev–Trinajstić information content (AvgIpc) is 2.00. The normalized spacial score (nSPS) is 9.42. The van der Waals surface area contributed by atoms with Crippen LogP contribution in [0.15, 0.2) is 12.1 Å². The van der Waals surface area contributed by atoms with Gasteiger partial charge in [-0.1, -0.05) is 0 Å². The van der Waals surface area contributed by atoms with E-state index in [1.165, 1.54) is 6.07 Å². The van der Waals surface area contributed by atoms with Gasteiger partial charge in [-0.2, -0.15) is 5.26 Å². The van der Waals surface area contributed by atoms with Crippen LogP contribution in [0.4, 0.5) is 4.39 Å². The van der Waals surface area contributed by atoms with Gasteiger partial charge in [-0.15, -0.1) is 0 Å². The van der Waals surface area contributed by atoms with Crippen molar-refractivity contribution < 1.29 is 9.50 Å². The third-order valence-electron chi connectivity index (χ3n) is 1.72. The van der Waals surface area contributed by atoms with E-state index in [-0.39, 0.29) is 12.2 Å². The number of nitriles is 1. The zero-order valence-electron chi connectivity index (χ0n) is 6.63. The van der Waals surface area contributed by atoms with Crippen LogP contribution in [0.5, 0.6) is 5.75 Å². The maximum absolute atomic E-state index is 12.7. The lowest BCUT2D eigenvalue weighted by Crippen LogP contribution is -1.89. The molecule has 1 N–H and O–H groups in total. The van der Waals surface area contributed by atoms with E-state index in [1.54, 1.807) is 6.92 Å². The standard InChI is InChI=1S/C9H8FNO/c1-6-7(2-3-11)4-8(10)5-9(6)12/h4-5,12H,2H2,1H3. The first-order valence-corrected chi connectivity index (χ1v) is 3.50. The molecule has 62 valence electrons. The van der Waals surface area contributed by atoms with E-state index >= 15 is 0 Å². The zero-order valence-corrected chi connectivity index (χ0v) is 6.63. The molecule has 0 atom stereocenters. The second-order valence-corrected chi connectivity index (χ2v) is 2.54. The van der Waals surface area contributed by atoms with Crippen molar-refractivity contribution in [3.05, 3.63) is 29.1 Å². The van der Waals surface area contributed by atoms with Crippen LogP contribution in [0.2, 0.25) is 0 Å². The first-order valence-electron chi connectivity index (χ1n) is 3.50. The molecule has 3 heteroatoms. The minimum atomic E-state index is -0.511. The van der Waals surface area contributed by atoms with Gasteiger partial charge < -0.3 is 5.11 Å². The molecule has 0 radical (unpaired) electrons. The second kappa shape index (κ2) is 3.22. The molecule has 0 aliphatic carbocycles. The highest BCUT2D eigenvalue weighted by molar-refractivity contribution is 5.39. The van der Waals surface area contributed by atoms with E-state index < -0.39 is 5.82 Å². The lowest BCUT2D eigenvalue weighted by Gasteiger charge is -2.03. The molecular weight excluding hydrogens is 157 g/mol. The van der Waals surface area contributed by atoms with Gasteiger partial charge in [0.2, 0.25) is 0 Å². The van der Waals surface area contributed by atoms with E-state index in [4.69, 9.17) is 10.4 Å². The van der Waals surface area contributed by atoms with E-state index in [0.717, 1.165) is 6.07 Å². The number of aromatic hydroxyl groups is 1. The summed E-state index contributed by atoms with van der Waals surface area (Å²) in [5.74, 6) is -0.608. The largest absolute Gasteiger partial charge is 0.508 e. The Kier molecular flexibility index (Phi) is 2.29. The van der Waals surface area contributed by atoms with Crippen molar-refractivity contribution >= 4 is 0 Å². The number of nitrogens with zero attached hydrogens (tertiary/aromatic N) is 1.